The van der Waals surface area contributed by atoms with Crippen LogP contribution in [0, 0.1) is 11.3 Å². The first-order valence-electron chi connectivity index (χ1n) is 7.13. The van der Waals surface area contributed by atoms with Crippen LogP contribution in [0.25, 0.3) is 0 Å². The summed E-state index contributed by atoms with van der Waals surface area (Å²) in [7, 11) is 0. The van der Waals surface area contributed by atoms with Gasteiger partial charge in [0.2, 0.25) is 11.8 Å². The smallest absolute Gasteiger partial charge is 0.233 e. The zero-order valence-electron chi connectivity index (χ0n) is 12.5. The number of Topliss-reactive ketones (excluding diaryl/α,β-unsaturated/α-hetero) is 1. The van der Waals surface area contributed by atoms with Crippen molar-refractivity contribution in [3.63, 3.8) is 0 Å². The number of likely N-dealkylation sites (tertiary alicyclic amines) is 1. The van der Waals surface area contributed by atoms with Gasteiger partial charge in [0.05, 0.1) is 5.92 Å². The van der Waals surface area contributed by atoms with Gasteiger partial charge in [0.15, 0.2) is 0 Å². The molecule has 2 amide bonds. The molecule has 1 unspecified atom stereocenters. The fourth-order valence-corrected chi connectivity index (χ4v) is 2.33. The number of rotatable bonds is 6. The zero-order chi connectivity index (χ0) is 14.6. The first kappa shape index (κ1) is 15.9. The molecule has 1 heterocycles. The summed E-state index contributed by atoms with van der Waals surface area (Å²) in [6.07, 6.45) is 3.00. The van der Waals surface area contributed by atoms with Crippen LogP contribution in [0.15, 0.2) is 0 Å². The number of unbranched alkanes of at least 4 members (excludes halogenated alkanes) is 1. The highest BCUT2D eigenvalue weighted by molar-refractivity contribution is 6.04. The Morgan fingerprint density at radius 2 is 1.89 bits per heavy atom. The van der Waals surface area contributed by atoms with Crippen LogP contribution in [0.5, 0.6) is 0 Å². The average Bonchev–Trinajstić information content (AvgIpc) is 2.59. The molecule has 1 aliphatic heterocycles. The Kier molecular flexibility index (Phi) is 5.27. The summed E-state index contributed by atoms with van der Waals surface area (Å²) in [5.74, 6) is -0.346. The standard InChI is InChI=1S/C15H25NO3/c1-5-6-7-11(17)8-9-16-13(18)10-12(14(16)19)15(2,3)4/h12H,5-10H2,1-4H3. The third-order valence-corrected chi connectivity index (χ3v) is 3.71. The van der Waals surface area contributed by atoms with E-state index in [4.69, 9.17) is 0 Å². The van der Waals surface area contributed by atoms with Crippen molar-refractivity contribution in [1.82, 2.24) is 4.90 Å². The molecule has 0 spiro atoms. The van der Waals surface area contributed by atoms with Crippen LogP contribution in [0.4, 0.5) is 0 Å². The van der Waals surface area contributed by atoms with Crippen LogP contribution in [0.2, 0.25) is 0 Å². The highest BCUT2D eigenvalue weighted by Crippen LogP contribution is 2.35. The number of ketones is 1. The monoisotopic (exact) mass is 267 g/mol. The Labute approximate surface area is 115 Å². The third kappa shape index (κ3) is 4.15. The Balaban J connectivity index is 2.53. The summed E-state index contributed by atoms with van der Waals surface area (Å²) in [6, 6.07) is 0. The molecule has 1 rings (SSSR count). The van der Waals surface area contributed by atoms with Crippen molar-refractivity contribution >= 4 is 17.6 Å². The number of hydrogen-bond acceptors (Lipinski definition) is 3. The number of carbonyl (C=O) groups excluding carboxylic acids is 3. The molecule has 108 valence electrons. The van der Waals surface area contributed by atoms with Crippen LogP contribution in [-0.4, -0.2) is 29.0 Å². The van der Waals surface area contributed by atoms with Crippen molar-refractivity contribution in [1.29, 1.82) is 0 Å². The topological polar surface area (TPSA) is 54.5 Å². The highest BCUT2D eigenvalue weighted by Gasteiger charge is 2.44. The van der Waals surface area contributed by atoms with Gasteiger partial charge in [0.25, 0.3) is 0 Å². The van der Waals surface area contributed by atoms with Crippen LogP contribution in [0.3, 0.4) is 0 Å². The molecule has 1 aliphatic rings. The van der Waals surface area contributed by atoms with Crippen molar-refractivity contribution in [2.24, 2.45) is 11.3 Å². The molecule has 0 aromatic heterocycles. The van der Waals surface area contributed by atoms with Crippen LogP contribution >= 0.6 is 0 Å². The molecule has 1 fully saturated rings. The van der Waals surface area contributed by atoms with E-state index in [1.165, 1.54) is 4.90 Å². The minimum absolute atomic E-state index is 0.110. The van der Waals surface area contributed by atoms with E-state index in [9.17, 15) is 14.4 Å². The predicted octanol–water partition coefficient (Wildman–Crippen LogP) is 2.56. The first-order chi connectivity index (χ1) is 8.77. The van der Waals surface area contributed by atoms with Crippen molar-refractivity contribution < 1.29 is 14.4 Å². The van der Waals surface area contributed by atoms with Crippen molar-refractivity contribution in [3.05, 3.63) is 0 Å². The summed E-state index contributed by atoms with van der Waals surface area (Å²) < 4.78 is 0. The maximum atomic E-state index is 12.2. The number of amides is 2. The van der Waals surface area contributed by atoms with Crippen LogP contribution in [0.1, 0.15) is 59.8 Å². The summed E-state index contributed by atoms with van der Waals surface area (Å²) in [5.41, 5.74) is -0.201. The molecule has 0 aliphatic carbocycles. The highest BCUT2D eigenvalue weighted by atomic mass is 16.2. The van der Waals surface area contributed by atoms with E-state index in [0.717, 1.165) is 12.8 Å². The SMILES string of the molecule is CCCCC(=O)CCN1C(=O)CC(C(C)(C)C)C1=O. The van der Waals surface area contributed by atoms with E-state index < -0.39 is 0 Å². The van der Waals surface area contributed by atoms with E-state index in [2.05, 4.69) is 0 Å². The van der Waals surface area contributed by atoms with Gasteiger partial charge in [-0.3, -0.25) is 19.3 Å². The Morgan fingerprint density at radius 3 is 2.37 bits per heavy atom. The van der Waals surface area contributed by atoms with E-state index in [-0.39, 0.29) is 41.9 Å². The molecule has 0 bridgehead atoms. The van der Waals surface area contributed by atoms with Gasteiger partial charge in [-0.2, -0.15) is 0 Å². The summed E-state index contributed by atoms with van der Waals surface area (Å²) in [6.45, 7) is 8.21. The van der Waals surface area contributed by atoms with E-state index in [0.29, 0.717) is 12.8 Å². The second-order valence-electron chi connectivity index (χ2n) is 6.40. The first-order valence-corrected chi connectivity index (χ1v) is 7.13. The number of hydrogen-bond donors (Lipinski definition) is 0. The predicted molar refractivity (Wildman–Crippen MR) is 73.4 cm³/mol. The zero-order valence-corrected chi connectivity index (χ0v) is 12.5. The Bertz CT molecular complexity index is 368. The van der Waals surface area contributed by atoms with Gasteiger partial charge >= 0.3 is 0 Å². The average molecular weight is 267 g/mol. The van der Waals surface area contributed by atoms with Gasteiger partial charge in [-0.25, -0.2) is 0 Å². The molecule has 0 saturated carbocycles. The number of nitrogens with zero attached hydrogens (tertiary/aromatic N) is 1. The lowest BCUT2D eigenvalue weighted by Crippen LogP contribution is -2.35. The lowest BCUT2D eigenvalue weighted by Gasteiger charge is -2.24. The van der Waals surface area contributed by atoms with E-state index in [1.807, 2.05) is 27.7 Å². The molecule has 1 atom stereocenters. The van der Waals surface area contributed by atoms with Crippen molar-refractivity contribution in [3.8, 4) is 0 Å². The maximum Gasteiger partial charge on any atom is 0.233 e. The van der Waals surface area contributed by atoms with Gasteiger partial charge in [-0.1, -0.05) is 34.1 Å². The maximum absolute atomic E-state index is 12.2. The molecule has 0 aromatic carbocycles. The molecule has 0 radical (unpaired) electrons. The third-order valence-electron chi connectivity index (χ3n) is 3.71. The number of carbonyl (C=O) groups is 3. The molecule has 0 N–H and O–H groups in total. The van der Waals surface area contributed by atoms with Crippen LogP contribution in [-0.2, 0) is 14.4 Å². The quantitative estimate of drug-likeness (QED) is 0.695. The van der Waals surface area contributed by atoms with E-state index in [1.54, 1.807) is 0 Å². The van der Waals surface area contributed by atoms with Gasteiger partial charge in [0.1, 0.15) is 5.78 Å². The second kappa shape index (κ2) is 6.31. The normalized spacial score (nSPS) is 20.2. The lowest BCUT2D eigenvalue weighted by atomic mass is 9.80. The largest absolute Gasteiger partial charge is 0.300 e. The summed E-state index contributed by atoms with van der Waals surface area (Å²) in [4.78, 5) is 36.9. The molecular weight excluding hydrogens is 242 g/mol. The molecule has 1 saturated heterocycles. The van der Waals surface area contributed by atoms with Gasteiger partial charge in [-0.15, -0.1) is 0 Å². The summed E-state index contributed by atoms with van der Waals surface area (Å²) in [5, 5.41) is 0. The summed E-state index contributed by atoms with van der Waals surface area (Å²) >= 11 is 0. The molecule has 4 heteroatoms. The van der Waals surface area contributed by atoms with Gasteiger partial charge < -0.3 is 0 Å². The van der Waals surface area contributed by atoms with E-state index >= 15 is 0 Å². The fraction of sp³-hybridized carbons (Fsp3) is 0.800. The Morgan fingerprint density at radius 1 is 1.26 bits per heavy atom. The Hall–Kier alpha value is -1.19. The number of imide groups is 1. The van der Waals surface area contributed by atoms with Crippen molar-refractivity contribution in [2.75, 3.05) is 6.54 Å². The molecule has 0 aromatic rings. The van der Waals surface area contributed by atoms with Crippen molar-refractivity contribution in [2.45, 2.75) is 59.8 Å². The second-order valence-corrected chi connectivity index (χ2v) is 6.40. The van der Waals surface area contributed by atoms with Gasteiger partial charge in [-0.05, 0) is 11.8 Å². The lowest BCUT2D eigenvalue weighted by molar-refractivity contribution is -0.140. The fourth-order valence-electron chi connectivity index (χ4n) is 2.33. The molecule has 19 heavy (non-hydrogen) atoms. The molecular formula is C15H25NO3. The minimum atomic E-state index is -0.245. The van der Waals surface area contributed by atoms with Gasteiger partial charge in [0, 0.05) is 25.8 Å². The van der Waals surface area contributed by atoms with Crippen LogP contribution < -0.4 is 0 Å². The minimum Gasteiger partial charge on any atom is -0.300 e. The molecule has 4 nitrogen and oxygen atoms in total.